The van der Waals surface area contributed by atoms with Crippen molar-refractivity contribution in [3.8, 4) is 0 Å². The maximum absolute atomic E-state index is 11.1. The fourth-order valence-electron chi connectivity index (χ4n) is 9.00. The molecular weight excluding hydrogens is 360 g/mol. The molecule has 3 nitrogen and oxygen atoms in total. The first-order valence-electron chi connectivity index (χ1n) is 12.8. The summed E-state index contributed by atoms with van der Waals surface area (Å²) < 4.78 is 0. The summed E-state index contributed by atoms with van der Waals surface area (Å²) in [5.74, 6) is 3.43. The van der Waals surface area contributed by atoms with Gasteiger partial charge < -0.3 is 15.3 Å². The Morgan fingerprint density at radius 2 is 1.66 bits per heavy atom. The molecule has 29 heavy (non-hydrogen) atoms. The third-order valence-electron chi connectivity index (χ3n) is 10.6. The van der Waals surface area contributed by atoms with E-state index in [1.54, 1.807) is 0 Å². The summed E-state index contributed by atoms with van der Waals surface area (Å²) in [6.45, 7) is 7.34. The second-order valence-electron chi connectivity index (χ2n) is 12.1. The molecule has 4 rings (SSSR count). The second kappa shape index (κ2) is 8.43. The molecule has 10 atom stereocenters. The average Bonchev–Trinajstić information content (AvgIpc) is 3.05. The lowest BCUT2D eigenvalue weighted by Crippen LogP contribution is -2.57. The highest BCUT2D eigenvalue weighted by atomic mass is 16.3. The molecule has 0 heterocycles. The minimum absolute atomic E-state index is 0.104. The van der Waals surface area contributed by atoms with Crippen LogP contribution in [0.2, 0.25) is 0 Å². The Kier molecular flexibility index (Phi) is 6.42. The fourth-order valence-corrected chi connectivity index (χ4v) is 9.00. The lowest BCUT2D eigenvalue weighted by Gasteiger charge is -2.62. The molecule has 0 aromatic rings. The second-order valence-corrected chi connectivity index (χ2v) is 12.1. The topological polar surface area (TPSA) is 60.7 Å². The molecule has 3 unspecified atom stereocenters. The number of hydrogen-bond donors (Lipinski definition) is 3. The highest BCUT2D eigenvalue weighted by Gasteiger charge is 2.62. The van der Waals surface area contributed by atoms with Gasteiger partial charge in [-0.2, -0.15) is 0 Å². The van der Waals surface area contributed by atoms with E-state index >= 15 is 0 Å². The Bertz CT molecular complexity index is 564. The molecule has 0 radical (unpaired) electrons. The summed E-state index contributed by atoms with van der Waals surface area (Å²) in [7, 11) is 0. The minimum atomic E-state index is -0.195. The Balaban J connectivity index is 1.46. The molecule has 0 aromatic heterocycles. The van der Waals surface area contributed by atoms with E-state index in [1.807, 2.05) is 0 Å². The average molecular weight is 407 g/mol. The number of aliphatic hydroxyl groups excluding tert-OH is 3. The van der Waals surface area contributed by atoms with Gasteiger partial charge in [-0.05, 0) is 104 Å². The summed E-state index contributed by atoms with van der Waals surface area (Å²) in [5.41, 5.74) is 0.597. The van der Waals surface area contributed by atoms with Gasteiger partial charge in [0.2, 0.25) is 0 Å². The third-order valence-corrected chi connectivity index (χ3v) is 10.6. The van der Waals surface area contributed by atoms with Crippen LogP contribution in [0.25, 0.3) is 0 Å². The van der Waals surface area contributed by atoms with Gasteiger partial charge in [0.05, 0.1) is 12.2 Å². The molecule has 0 aliphatic heterocycles. The van der Waals surface area contributed by atoms with Crippen LogP contribution < -0.4 is 0 Å². The van der Waals surface area contributed by atoms with Crippen molar-refractivity contribution in [1.29, 1.82) is 0 Å². The first-order valence-corrected chi connectivity index (χ1v) is 12.8. The highest BCUT2D eigenvalue weighted by molar-refractivity contribution is 5.11. The van der Waals surface area contributed by atoms with Crippen molar-refractivity contribution < 1.29 is 15.3 Å². The van der Waals surface area contributed by atoms with Crippen molar-refractivity contribution in [3.05, 3.63) is 0 Å². The van der Waals surface area contributed by atoms with Gasteiger partial charge in [-0.15, -0.1) is 0 Å². The van der Waals surface area contributed by atoms with Crippen molar-refractivity contribution in [2.24, 2.45) is 46.3 Å². The SMILES string of the molecule is CC(CO)CCCC(O)[C@H]1CC[C@H]2C3C[C@H](O)[C@H]4CCCC[C@]4(C)[C@H]3CC[C@]12C. The molecule has 0 spiro atoms. The van der Waals surface area contributed by atoms with Gasteiger partial charge in [-0.3, -0.25) is 0 Å². The van der Waals surface area contributed by atoms with Crippen LogP contribution in [0.1, 0.15) is 97.8 Å². The molecule has 3 heteroatoms. The molecule has 4 aliphatic carbocycles. The Labute approximate surface area is 178 Å². The van der Waals surface area contributed by atoms with Crippen molar-refractivity contribution in [2.75, 3.05) is 6.61 Å². The van der Waals surface area contributed by atoms with Gasteiger partial charge >= 0.3 is 0 Å². The number of fused-ring (bicyclic) bond motifs is 5. The fraction of sp³-hybridized carbons (Fsp3) is 1.00. The van der Waals surface area contributed by atoms with Crippen LogP contribution in [0.3, 0.4) is 0 Å². The van der Waals surface area contributed by atoms with E-state index in [9.17, 15) is 15.3 Å². The van der Waals surface area contributed by atoms with Crippen molar-refractivity contribution in [2.45, 2.75) is 110 Å². The number of rotatable bonds is 6. The molecule has 4 fully saturated rings. The van der Waals surface area contributed by atoms with Crippen LogP contribution in [-0.4, -0.2) is 34.1 Å². The van der Waals surface area contributed by atoms with E-state index in [-0.39, 0.29) is 24.2 Å². The standard InChI is InChI=1S/C26H46O3/c1-17(16-27)7-6-9-23(28)22-11-10-19-18-15-24(29)21-8-4-5-13-25(21,2)20(18)12-14-26(19,22)3/h17-24,27-29H,4-16H2,1-3H3/t17?,18?,19-,20-,21+,22+,23?,24-,25+,26-/m0/s1. The molecule has 0 saturated heterocycles. The van der Waals surface area contributed by atoms with Crippen LogP contribution >= 0.6 is 0 Å². The zero-order chi connectivity index (χ0) is 20.8. The van der Waals surface area contributed by atoms with Crippen molar-refractivity contribution in [1.82, 2.24) is 0 Å². The maximum Gasteiger partial charge on any atom is 0.0576 e. The van der Waals surface area contributed by atoms with Crippen LogP contribution in [0.15, 0.2) is 0 Å². The molecular formula is C26H46O3. The molecule has 0 amide bonds. The zero-order valence-corrected chi connectivity index (χ0v) is 19.2. The summed E-state index contributed by atoms with van der Waals surface area (Å²) in [5, 5.41) is 31.5. The van der Waals surface area contributed by atoms with Gasteiger partial charge in [-0.25, -0.2) is 0 Å². The van der Waals surface area contributed by atoms with Crippen molar-refractivity contribution >= 4 is 0 Å². The van der Waals surface area contributed by atoms with Crippen LogP contribution in [0, 0.1) is 46.3 Å². The minimum Gasteiger partial charge on any atom is -0.396 e. The van der Waals surface area contributed by atoms with Crippen LogP contribution in [0.4, 0.5) is 0 Å². The first kappa shape index (κ1) is 22.1. The first-order chi connectivity index (χ1) is 13.8. The summed E-state index contributed by atoms with van der Waals surface area (Å²) >= 11 is 0. The highest BCUT2D eigenvalue weighted by Crippen LogP contribution is 2.67. The molecule has 168 valence electrons. The molecule has 0 bridgehead atoms. The Morgan fingerprint density at radius 1 is 0.897 bits per heavy atom. The van der Waals surface area contributed by atoms with E-state index < -0.39 is 0 Å². The van der Waals surface area contributed by atoms with Crippen LogP contribution in [0.5, 0.6) is 0 Å². The van der Waals surface area contributed by atoms with Gasteiger partial charge in [0.25, 0.3) is 0 Å². The Morgan fingerprint density at radius 3 is 2.41 bits per heavy atom. The summed E-state index contributed by atoms with van der Waals surface area (Å²) in [4.78, 5) is 0. The lowest BCUT2D eigenvalue weighted by molar-refractivity contribution is -0.161. The monoisotopic (exact) mass is 406 g/mol. The quantitative estimate of drug-likeness (QED) is 0.570. The number of hydrogen-bond acceptors (Lipinski definition) is 3. The van der Waals surface area contributed by atoms with Crippen molar-refractivity contribution in [3.63, 3.8) is 0 Å². The van der Waals surface area contributed by atoms with E-state index in [4.69, 9.17) is 0 Å². The van der Waals surface area contributed by atoms with Gasteiger partial charge in [-0.1, -0.05) is 40.0 Å². The molecule has 0 aromatic carbocycles. The predicted octanol–water partition coefficient (Wildman–Crippen LogP) is 5.17. The summed E-state index contributed by atoms with van der Waals surface area (Å²) in [6.07, 6.45) is 13.8. The third kappa shape index (κ3) is 3.72. The van der Waals surface area contributed by atoms with E-state index in [2.05, 4.69) is 20.8 Å². The molecule has 4 aliphatic rings. The molecule has 3 N–H and O–H groups in total. The van der Waals surface area contributed by atoms with Gasteiger partial charge in [0.1, 0.15) is 0 Å². The van der Waals surface area contributed by atoms with E-state index in [0.29, 0.717) is 35.0 Å². The van der Waals surface area contributed by atoms with Crippen LogP contribution in [-0.2, 0) is 0 Å². The van der Waals surface area contributed by atoms with Gasteiger partial charge in [0.15, 0.2) is 0 Å². The largest absolute Gasteiger partial charge is 0.396 e. The van der Waals surface area contributed by atoms with Gasteiger partial charge in [0, 0.05) is 6.61 Å². The smallest absolute Gasteiger partial charge is 0.0576 e. The maximum atomic E-state index is 11.1. The van der Waals surface area contributed by atoms with E-state index in [0.717, 1.165) is 38.0 Å². The Hall–Kier alpha value is -0.120. The predicted molar refractivity (Wildman–Crippen MR) is 117 cm³/mol. The molecule has 4 saturated carbocycles. The summed E-state index contributed by atoms with van der Waals surface area (Å²) in [6, 6.07) is 0. The number of aliphatic hydroxyl groups is 3. The lowest BCUT2D eigenvalue weighted by atomic mass is 9.44. The van der Waals surface area contributed by atoms with E-state index in [1.165, 1.54) is 44.9 Å². The zero-order valence-electron chi connectivity index (χ0n) is 19.2. The normalized spacial score (nSPS) is 49.0.